The van der Waals surface area contributed by atoms with Crippen LogP contribution in [0.2, 0.25) is 0 Å². The van der Waals surface area contributed by atoms with E-state index in [1.165, 1.54) is 5.56 Å². The minimum Gasteiger partial charge on any atom is -0.481 e. The van der Waals surface area contributed by atoms with E-state index in [9.17, 15) is 9.90 Å². The lowest BCUT2D eigenvalue weighted by Crippen LogP contribution is -2.44. The van der Waals surface area contributed by atoms with Crippen molar-refractivity contribution in [3.63, 3.8) is 0 Å². The lowest BCUT2D eigenvalue weighted by Gasteiger charge is -2.38. The summed E-state index contributed by atoms with van der Waals surface area (Å²) in [5.74, 6) is -0.610. The van der Waals surface area contributed by atoms with Crippen LogP contribution in [0.25, 0.3) is 0 Å². The van der Waals surface area contributed by atoms with Gasteiger partial charge in [-0.05, 0) is 50.0 Å². The maximum absolute atomic E-state index is 11.6. The number of hydrogen-bond donors (Lipinski definition) is 1. The topological polar surface area (TPSA) is 40.5 Å². The number of aliphatic carboxylic acids is 1. The van der Waals surface area contributed by atoms with Gasteiger partial charge >= 0.3 is 5.97 Å². The molecule has 0 saturated carbocycles. The Morgan fingerprint density at radius 2 is 2.10 bits per heavy atom. The molecule has 1 saturated heterocycles. The Morgan fingerprint density at radius 1 is 1.40 bits per heavy atom. The molecule has 0 aliphatic carbocycles. The van der Waals surface area contributed by atoms with Crippen LogP contribution in [-0.4, -0.2) is 29.1 Å². The smallest absolute Gasteiger partial charge is 0.309 e. The molecule has 1 fully saturated rings. The van der Waals surface area contributed by atoms with Gasteiger partial charge in [0.1, 0.15) is 0 Å². The number of carboxylic acids is 1. The minimum atomic E-state index is -0.610. The fraction of sp³-hybridized carbons (Fsp3) is 0.562. The first-order chi connectivity index (χ1) is 9.55. The molecule has 110 valence electrons. The highest BCUT2D eigenvalue weighted by molar-refractivity contribution is 9.10. The zero-order chi connectivity index (χ0) is 14.6. The van der Waals surface area contributed by atoms with Crippen LogP contribution in [0.1, 0.15) is 38.2 Å². The lowest BCUT2D eigenvalue weighted by molar-refractivity contribution is -0.152. The summed E-state index contributed by atoms with van der Waals surface area (Å²) in [6, 6.07) is 8.32. The molecule has 2 rings (SSSR count). The van der Waals surface area contributed by atoms with Gasteiger partial charge in [0.2, 0.25) is 0 Å². The van der Waals surface area contributed by atoms with Crippen molar-refractivity contribution in [1.82, 2.24) is 4.90 Å². The molecule has 1 aromatic rings. The van der Waals surface area contributed by atoms with Crippen molar-refractivity contribution >= 4 is 21.9 Å². The standard InChI is InChI=1S/C16H22BrNO2/c1-2-6-16(15(19)20)7-9-18(10-8-16)12-13-4-3-5-14(17)11-13/h3-5,11H,2,6-10,12H2,1H3,(H,19,20). The molecule has 4 heteroatoms. The molecule has 0 bridgehead atoms. The Morgan fingerprint density at radius 3 is 2.65 bits per heavy atom. The van der Waals surface area contributed by atoms with Crippen LogP contribution in [0.4, 0.5) is 0 Å². The Bertz CT molecular complexity index is 467. The number of carboxylic acid groups (broad SMARTS) is 1. The van der Waals surface area contributed by atoms with Gasteiger partial charge in [0, 0.05) is 11.0 Å². The third-order valence-electron chi connectivity index (χ3n) is 4.29. The van der Waals surface area contributed by atoms with Crippen LogP contribution in [0.5, 0.6) is 0 Å². The van der Waals surface area contributed by atoms with E-state index in [1.54, 1.807) is 0 Å². The quantitative estimate of drug-likeness (QED) is 0.883. The third kappa shape index (κ3) is 3.61. The summed E-state index contributed by atoms with van der Waals surface area (Å²) in [5, 5.41) is 9.51. The van der Waals surface area contributed by atoms with Gasteiger partial charge in [0.15, 0.2) is 0 Å². The highest BCUT2D eigenvalue weighted by atomic mass is 79.9. The van der Waals surface area contributed by atoms with Gasteiger partial charge in [0.05, 0.1) is 5.41 Å². The van der Waals surface area contributed by atoms with Crippen LogP contribution >= 0.6 is 15.9 Å². The molecular weight excluding hydrogens is 318 g/mol. The first-order valence-electron chi connectivity index (χ1n) is 7.26. The molecule has 1 heterocycles. The van der Waals surface area contributed by atoms with Crippen molar-refractivity contribution in [2.24, 2.45) is 5.41 Å². The van der Waals surface area contributed by atoms with Crippen molar-refractivity contribution in [2.45, 2.75) is 39.2 Å². The molecule has 3 nitrogen and oxygen atoms in total. The second-order valence-electron chi connectivity index (χ2n) is 5.74. The Balaban J connectivity index is 1.95. The van der Waals surface area contributed by atoms with E-state index in [4.69, 9.17) is 0 Å². The molecule has 1 aromatic carbocycles. The molecule has 0 radical (unpaired) electrons. The number of carbonyl (C=O) groups is 1. The molecular formula is C16H22BrNO2. The largest absolute Gasteiger partial charge is 0.481 e. The summed E-state index contributed by atoms with van der Waals surface area (Å²) in [6.45, 7) is 4.72. The molecule has 0 amide bonds. The fourth-order valence-corrected chi connectivity index (χ4v) is 3.53. The number of rotatable bonds is 5. The molecule has 1 aliphatic rings. The Hall–Kier alpha value is -0.870. The molecule has 1 aliphatic heterocycles. The van der Waals surface area contributed by atoms with Crippen molar-refractivity contribution in [3.8, 4) is 0 Å². The second kappa shape index (κ2) is 6.72. The van der Waals surface area contributed by atoms with E-state index in [-0.39, 0.29) is 0 Å². The number of nitrogens with zero attached hydrogens (tertiary/aromatic N) is 1. The van der Waals surface area contributed by atoms with Gasteiger partial charge in [-0.2, -0.15) is 0 Å². The number of piperidine rings is 1. The van der Waals surface area contributed by atoms with Crippen LogP contribution < -0.4 is 0 Å². The van der Waals surface area contributed by atoms with Crippen LogP contribution in [0.3, 0.4) is 0 Å². The fourth-order valence-electron chi connectivity index (χ4n) is 3.08. The maximum atomic E-state index is 11.6. The number of benzene rings is 1. The van der Waals surface area contributed by atoms with Gasteiger partial charge < -0.3 is 5.11 Å². The van der Waals surface area contributed by atoms with Crippen LogP contribution in [-0.2, 0) is 11.3 Å². The van der Waals surface area contributed by atoms with Crippen molar-refractivity contribution in [1.29, 1.82) is 0 Å². The van der Waals surface area contributed by atoms with Crippen molar-refractivity contribution < 1.29 is 9.90 Å². The SMILES string of the molecule is CCCC1(C(=O)O)CCN(Cc2cccc(Br)c2)CC1. The van der Waals surface area contributed by atoms with E-state index in [0.29, 0.717) is 0 Å². The van der Waals surface area contributed by atoms with Gasteiger partial charge in [-0.15, -0.1) is 0 Å². The van der Waals surface area contributed by atoms with E-state index in [2.05, 4.69) is 39.9 Å². The zero-order valence-corrected chi connectivity index (χ0v) is 13.5. The van der Waals surface area contributed by atoms with E-state index >= 15 is 0 Å². The van der Waals surface area contributed by atoms with E-state index in [0.717, 1.165) is 49.8 Å². The Kier molecular flexibility index (Phi) is 5.22. The highest BCUT2D eigenvalue weighted by Gasteiger charge is 2.40. The average molecular weight is 340 g/mol. The van der Waals surface area contributed by atoms with Crippen molar-refractivity contribution in [3.05, 3.63) is 34.3 Å². The second-order valence-corrected chi connectivity index (χ2v) is 6.66. The van der Waals surface area contributed by atoms with E-state index < -0.39 is 11.4 Å². The van der Waals surface area contributed by atoms with Gasteiger partial charge in [-0.1, -0.05) is 41.4 Å². The number of likely N-dealkylation sites (tertiary alicyclic amines) is 1. The minimum absolute atomic E-state index is 0.484. The van der Waals surface area contributed by atoms with Gasteiger partial charge in [-0.3, -0.25) is 9.69 Å². The Labute approximate surface area is 129 Å². The normalized spacial score (nSPS) is 18.9. The molecule has 20 heavy (non-hydrogen) atoms. The summed E-state index contributed by atoms with van der Waals surface area (Å²) in [7, 11) is 0. The summed E-state index contributed by atoms with van der Waals surface area (Å²) >= 11 is 3.49. The molecule has 0 aromatic heterocycles. The highest BCUT2D eigenvalue weighted by Crippen LogP contribution is 2.36. The van der Waals surface area contributed by atoms with Gasteiger partial charge in [-0.25, -0.2) is 0 Å². The summed E-state index contributed by atoms with van der Waals surface area (Å²) in [5.41, 5.74) is 0.792. The monoisotopic (exact) mass is 339 g/mol. The first-order valence-corrected chi connectivity index (χ1v) is 8.05. The van der Waals surface area contributed by atoms with E-state index in [1.807, 2.05) is 12.1 Å². The molecule has 0 atom stereocenters. The summed E-state index contributed by atoms with van der Waals surface area (Å²) in [4.78, 5) is 13.9. The van der Waals surface area contributed by atoms with Crippen LogP contribution in [0.15, 0.2) is 28.7 Å². The number of hydrogen-bond acceptors (Lipinski definition) is 2. The molecule has 0 spiro atoms. The predicted octanol–water partition coefficient (Wildman–Crippen LogP) is 3.92. The molecule has 0 unspecified atom stereocenters. The number of halogens is 1. The zero-order valence-electron chi connectivity index (χ0n) is 11.9. The summed E-state index contributed by atoms with van der Waals surface area (Å²) < 4.78 is 1.10. The maximum Gasteiger partial charge on any atom is 0.309 e. The summed E-state index contributed by atoms with van der Waals surface area (Å²) in [6.07, 6.45) is 3.28. The molecule has 1 N–H and O–H groups in total. The third-order valence-corrected chi connectivity index (χ3v) is 4.78. The van der Waals surface area contributed by atoms with Crippen molar-refractivity contribution in [2.75, 3.05) is 13.1 Å². The lowest BCUT2D eigenvalue weighted by atomic mass is 9.75. The first kappa shape index (κ1) is 15.5. The van der Waals surface area contributed by atoms with Crippen LogP contribution in [0, 0.1) is 5.41 Å². The van der Waals surface area contributed by atoms with Gasteiger partial charge in [0.25, 0.3) is 0 Å². The average Bonchev–Trinajstić information content (AvgIpc) is 2.41. The predicted molar refractivity (Wildman–Crippen MR) is 83.6 cm³/mol.